The van der Waals surface area contributed by atoms with E-state index in [-0.39, 0.29) is 6.04 Å². The summed E-state index contributed by atoms with van der Waals surface area (Å²) in [5, 5.41) is 2.92. The molecule has 4 heteroatoms. The van der Waals surface area contributed by atoms with Gasteiger partial charge in [0, 0.05) is 18.0 Å². The summed E-state index contributed by atoms with van der Waals surface area (Å²) in [7, 11) is 0. The molecule has 0 radical (unpaired) electrons. The van der Waals surface area contributed by atoms with Crippen LogP contribution >= 0.6 is 0 Å². The van der Waals surface area contributed by atoms with Gasteiger partial charge in [-0.25, -0.2) is 0 Å². The first-order valence-electron chi connectivity index (χ1n) is 8.82. The molecule has 0 fully saturated rings. The Morgan fingerprint density at radius 2 is 2.00 bits per heavy atom. The summed E-state index contributed by atoms with van der Waals surface area (Å²) in [6, 6.07) is 14.5. The van der Waals surface area contributed by atoms with Crippen molar-refractivity contribution in [2.45, 2.75) is 39.3 Å². The summed E-state index contributed by atoms with van der Waals surface area (Å²) in [6.45, 7) is 5.44. The maximum Gasteiger partial charge on any atom is 0.207 e. The second-order valence-corrected chi connectivity index (χ2v) is 6.79. The van der Waals surface area contributed by atoms with E-state index < -0.39 is 0 Å². The average Bonchev–Trinajstić information content (AvgIpc) is 3.09. The van der Waals surface area contributed by atoms with Gasteiger partial charge >= 0.3 is 0 Å². The van der Waals surface area contributed by atoms with Crippen LogP contribution in [-0.2, 0) is 24.2 Å². The average molecular weight is 339 g/mol. The van der Waals surface area contributed by atoms with Crippen LogP contribution < -0.4 is 14.8 Å². The van der Waals surface area contributed by atoms with Gasteiger partial charge in [0.2, 0.25) is 6.41 Å². The number of nitrogens with one attached hydrogen (secondary N) is 1. The van der Waals surface area contributed by atoms with Crippen molar-refractivity contribution in [3.63, 3.8) is 0 Å². The van der Waals surface area contributed by atoms with Crippen molar-refractivity contribution in [2.75, 3.05) is 6.61 Å². The summed E-state index contributed by atoms with van der Waals surface area (Å²) in [4.78, 5) is 10.9. The zero-order chi connectivity index (χ0) is 17.6. The quantitative estimate of drug-likeness (QED) is 0.749. The molecule has 0 saturated carbocycles. The molecule has 1 aliphatic rings. The maximum absolute atomic E-state index is 10.9. The molecule has 0 saturated heterocycles. The highest BCUT2D eigenvalue weighted by atomic mass is 16.5. The Morgan fingerprint density at radius 1 is 1.20 bits per heavy atom. The lowest BCUT2D eigenvalue weighted by Crippen LogP contribution is -2.34. The SMILES string of the molecule is CC(C)C(Cc1cc2c(c(OCc3ccccc3)c1)OCC2)NC=O. The molecule has 1 atom stereocenters. The Morgan fingerprint density at radius 3 is 2.72 bits per heavy atom. The predicted octanol–water partition coefficient (Wildman–Crippen LogP) is 3.51. The molecule has 1 heterocycles. The number of rotatable bonds is 8. The van der Waals surface area contributed by atoms with Gasteiger partial charge in [0.05, 0.1) is 6.61 Å². The van der Waals surface area contributed by atoms with Gasteiger partial charge in [0.25, 0.3) is 0 Å². The highest BCUT2D eigenvalue weighted by Gasteiger charge is 2.21. The van der Waals surface area contributed by atoms with Gasteiger partial charge in [-0.1, -0.05) is 50.2 Å². The Balaban J connectivity index is 1.80. The Bertz CT molecular complexity index is 713. The van der Waals surface area contributed by atoms with E-state index in [0.29, 0.717) is 19.1 Å². The molecule has 2 aromatic carbocycles. The lowest BCUT2D eigenvalue weighted by Gasteiger charge is -2.21. The second kappa shape index (κ2) is 8.06. The molecule has 1 amide bonds. The lowest BCUT2D eigenvalue weighted by atomic mass is 9.95. The van der Waals surface area contributed by atoms with Crippen LogP contribution in [0.3, 0.4) is 0 Å². The first-order chi connectivity index (χ1) is 12.2. The van der Waals surface area contributed by atoms with Crippen molar-refractivity contribution >= 4 is 6.41 Å². The number of carbonyl (C=O) groups excluding carboxylic acids is 1. The number of hydrogen-bond acceptors (Lipinski definition) is 3. The van der Waals surface area contributed by atoms with Crippen molar-refractivity contribution in [1.29, 1.82) is 0 Å². The van der Waals surface area contributed by atoms with E-state index in [1.807, 2.05) is 30.3 Å². The largest absolute Gasteiger partial charge is 0.489 e. The molecular weight excluding hydrogens is 314 g/mol. The van der Waals surface area contributed by atoms with E-state index in [0.717, 1.165) is 36.3 Å². The monoisotopic (exact) mass is 339 g/mol. The van der Waals surface area contributed by atoms with Crippen molar-refractivity contribution < 1.29 is 14.3 Å². The predicted molar refractivity (Wildman–Crippen MR) is 97.9 cm³/mol. The fourth-order valence-electron chi connectivity index (χ4n) is 3.12. The van der Waals surface area contributed by atoms with Crippen molar-refractivity contribution in [3.8, 4) is 11.5 Å². The van der Waals surface area contributed by atoms with Crippen LogP contribution in [0.5, 0.6) is 11.5 Å². The first kappa shape index (κ1) is 17.3. The summed E-state index contributed by atoms with van der Waals surface area (Å²) in [5.41, 5.74) is 3.48. The maximum atomic E-state index is 10.9. The highest BCUT2D eigenvalue weighted by Crippen LogP contribution is 2.38. The zero-order valence-corrected chi connectivity index (χ0v) is 14.8. The summed E-state index contributed by atoms with van der Waals surface area (Å²) >= 11 is 0. The summed E-state index contributed by atoms with van der Waals surface area (Å²) in [6.07, 6.45) is 2.47. The molecule has 1 N–H and O–H groups in total. The molecule has 3 rings (SSSR count). The van der Waals surface area contributed by atoms with Gasteiger partial charge < -0.3 is 14.8 Å². The minimum absolute atomic E-state index is 0.111. The summed E-state index contributed by atoms with van der Waals surface area (Å²) in [5.74, 6) is 2.02. The number of hydrogen-bond donors (Lipinski definition) is 1. The molecule has 1 unspecified atom stereocenters. The standard InChI is InChI=1S/C21H25NO3/c1-15(2)19(22-14-23)11-17-10-18-8-9-24-21(18)20(12-17)25-13-16-6-4-3-5-7-16/h3-7,10,12,14-15,19H,8-9,11,13H2,1-2H3,(H,22,23). The molecule has 0 bridgehead atoms. The van der Waals surface area contributed by atoms with Gasteiger partial charge in [0.15, 0.2) is 11.5 Å². The third-order valence-corrected chi connectivity index (χ3v) is 4.59. The van der Waals surface area contributed by atoms with E-state index in [2.05, 4.69) is 31.3 Å². The van der Waals surface area contributed by atoms with Crippen LogP contribution in [0.1, 0.15) is 30.5 Å². The van der Waals surface area contributed by atoms with Crippen LogP contribution in [0, 0.1) is 5.92 Å². The lowest BCUT2D eigenvalue weighted by molar-refractivity contribution is -0.110. The van der Waals surface area contributed by atoms with Crippen molar-refractivity contribution in [2.24, 2.45) is 5.92 Å². The molecule has 0 aliphatic carbocycles. The number of amides is 1. The van der Waals surface area contributed by atoms with E-state index >= 15 is 0 Å². The number of ether oxygens (including phenoxy) is 2. The van der Waals surface area contributed by atoms with Gasteiger partial charge in [-0.3, -0.25) is 4.79 Å². The second-order valence-electron chi connectivity index (χ2n) is 6.79. The normalized spacial score (nSPS) is 13.9. The van der Waals surface area contributed by atoms with E-state index in [1.165, 1.54) is 11.1 Å². The van der Waals surface area contributed by atoms with Crippen molar-refractivity contribution in [3.05, 3.63) is 59.2 Å². The molecule has 4 nitrogen and oxygen atoms in total. The minimum atomic E-state index is 0.111. The molecule has 25 heavy (non-hydrogen) atoms. The van der Waals surface area contributed by atoms with E-state index in [4.69, 9.17) is 9.47 Å². The molecule has 1 aliphatic heterocycles. The third-order valence-electron chi connectivity index (χ3n) is 4.59. The topological polar surface area (TPSA) is 47.6 Å². The first-order valence-corrected chi connectivity index (χ1v) is 8.82. The summed E-state index contributed by atoms with van der Waals surface area (Å²) < 4.78 is 11.8. The smallest absolute Gasteiger partial charge is 0.207 e. The van der Waals surface area contributed by atoms with Crippen molar-refractivity contribution in [1.82, 2.24) is 5.32 Å². The molecular formula is C21H25NO3. The number of fused-ring (bicyclic) bond motifs is 1. The molecule has 132 valence electrons. The van der Waals surface area contributed by atoms with Crippen LogP contribution in [0.4, 0.5) is 0 Å². The van der Waals surface area contributed by atoms with Gasteiger partial charge in [-0.05, 0) is 29.5 Å². The number of carbonyl (C=O) groups is 1. The van der Waals surface area contributed by atoms with Gasteiger partial charge in [-0.2, -0.15) is 0 Å². The minimum Gasteiger partial charge on any atom is -0.489 e. The van der Waals surface area contributed by atoms with Gasteiger partial charge in [0.1, 0.15) is 6.61 Å². The fraction of sp³-hybridized carbons (Fsp3) is 0.381. The van der Waals surface area contributed by atoms with E-state index in [9.17, 15) is 4.79 Å². The Labute approximate surface area is 149 Å². The van der Waals surface area contributed by atoms with Crippen LogP contribution in [0.15, 0.2) is 42.5 Å². The van der Waals surface area contributed by atoms with Crippen LogP contribution in [-0.4, -0.2) is 19.1 Å². The Kier molecular flexibility index (Phi) is 5.59. The fourth-order valence-corrected chi connectivity index (χ4v) is 3.12. The van der Waals surface area contributed by atoms with Gasteiger partial charge in [-0.15, -0.1) is 0 Å². The van der Waals surface area contributed by atoms with Crippen LogP contribution in [0.25, 0.3) is 0 Å². The third kappa shape index (κ3) is 4.32. The molecule has 0 spiro atoms. The van der Waals surface area contributed by atoms with Crippen LogP contribution in [0.2, 0.25) is 0 Å². The van der Waals surface area contributed by atoms with E-state index in [1.54, 1.807) is 0 Å². The highest BCUT2D eigenvalue weighted by molar-refractivity contribution is 5.52. The number of benzene rings is 2. The molecule has 0 aromatic heterocycles. The zero-order valence-electron chi connectivity index (χ0n) is 14.8. The molecule has 2 aromatic rings. The Hall–Kier alpha value is -2.49.